The Morgan fingerprint density at radius 3 is 2.16 bits per heavy atom. The molecule has 2 amide bonds. The second-order valence-electron chi connectivity index (χ2n) is 10.7. The Labute approximate surface area is 261 Å². The number of piperidine rings is 1. The van der Waals surface area contributed by atoms with Gasteiger partial charge in [0.05, 0.1) is 18.8 Å². The predicted octanol–water partition coefficient (Wildman–Crippen LogP) is 5.99. The number of hydrogen-bond acceptors (Lipinski definition) is 7. The van der Waals surface area contributed by atoms with Gasteiger partial charge in [0, 0.05) is 37.7 Å². The maximum atomic E-state index is 13.3. The summed E-state index contributed by atoms with van der Waals surface area (Å²) >= 11 is 0. The lowest BCUT2D eigenvalue weighted by atomic mass is 9.97. The number of carbonyl (C=O) groups is 2. The molecule has 0 bridgehead atoms. The molecule has 0 saturated carbocycles. The van der Waals surface area contributed by atoms with Crippen LogP contribution >= 0.6 is 0 Å². The lowest BCUT2D eigenvalue weighted by molar-refractivity contribution is -0.137. The first-order valence-electron chi connectivity index (χ1n) is 15.4. The minimum Gasteiger partial charge on any atom is -0.476 e. The van der Waals surface area contributed by atoms with Crippen molar-refractivity contribution in [3.8, 4) is 22.9 Å². The fourth-order valence-electron chi connectivity index (χ4n) is 5.45. The van der Waals surface area contributed by atoms with Crippen molar-refractivity contribution < 1.29 is 32.2 Å². The van der Waals surface area contributed by atoms with Gasteiger partial charge < -0.3 is 24.6 Å². The van der Waals surface area contributed by atoms with Crippen molar-refractivity contribution in [1.82, 2.24) is 20.2 Å². The molecular weight excluding hydrogens is 587 g/mol. The summed E-state index contributed by atoms with van der Waals surface area (Å²) in [4.78, 5) is 38.8. The van der Waals surface area contributed by atoms with E-state index < -0.39 is 11.7 Å². The Hall–Kier alpha value is -4.19. The van der Waals surface area contributed by atoms with Crippen molar-refractivity contribution in [2.75, 3.05) is 44.3 Å². The normalized spacial score (nSPS) is 14.2. The largest absolute Gasteiger partial charge is 0.476 e. The predicted molar refractivity (Wildman–Crippen MR) is 165 cm³/mol. The summed E-state index contributed by atoms with van der Waals surface area (Å²) in [6.07, 6.45) is -0.567. The minimum absolute atomic E-state index is 0.0290. The summed E-state index contributed by atoms with van der Waals surface area (Å²) in [6, 6.07) is 11.7. The summed E-state index contributed by atoms with van der Waals surface area (Å²) in [5, 5.41) is 3.11. The molecular formula is C33H40F3N5O4. The summed E-state index contributed by atoms with van der Waals surface area (Å²) in [5.41, 5.74) is 1.26. The average molecular weight is 628 g/mol. The minimum atomic E-state index is -4.42. The second kappa shape index (κ2) is 15.7. The van der Waals surface area contributed by atoms with Crippen LogP contribution in [0.25, 0.3) is 11.1 Å². The van der Waals surface area contributed by atoms with Crippen LogP contribution in [0.15, 0.2) is 54.9 Å². The first-order chi connectivity index (χ1) is 21.7. The van der Waals surface area contributed by atoms with Crippen molar-refractivity contribution in [3.05, 3.63) is 66.0 Å². The highest BCUT2D eigenvalue weighted by atomic mass is 19.4. The van der Waals surface area contributed by atoms with Crippen LogP contribution < -0.4 is 19.7 Å². The molecule has 1 aliphatic heterocycles. The molecule has 1 aromatic heterocycles. The number of anilines is 1. The Morgan fingerprint density at radius 2 is 1.58 bits per heavy atom. The summed E-state index contributed by atoms with van der Waals surface area (Å²) in [7, 11) is 0. The molecule has 1 fully saturated rings. The summed E-state index contributed by atoms with van der Waals surface area (Å²) < 4.78 is 50.4. The van der Waals surface area contributed by atoms with E-state index in [1.165, 1.54) is 18.5 Å². The summed E-state index contributed by atoms with van der Waals surface area (Å²) in [5.74, 6) is 0.314. The monoisotopic (exact) mass is 627 g/mol. The van der Waals surface area contributed by atoms with Crippen LogP contribution in [0.2, 0.25) is 0 Å². The number of ether oxygens (including phenoxy) is 2. The van der Waals surface area contributed by atoms with E-state index in [0.29, 0.717) is 66.7 Å². The number of carbonyl (C=O) groups excluding carboxylic acids is 2. The van der Waals surface area contributed by atoms with Crippen LogP contribution in [0.5, 0.6) is 11.8 Å². The Morgan fingerprint density at radius 1 is 0.956 bits per heavy atom. The smallest absolute Gasteiger partial charge is 0.416 e. The number of amides is 2. The highest BCUT2D eigenvalue weighted by Crippen LogP contribution is 2.35. The fraction of sp³-hybridized carbons (Fsp3) is 0.455. The molecule has 0 spiro atoms. The zero-order valence-electron chi connectivity index (χ0n) is 25.9. The van der Waals surface area contributed by atoms with Crippen molar-refractivity contribution in [1.29, 1.82) is 0 Å². The first kappa shape index (κ1) is 33.7. The number of rotatable bonds is 13. The lowest BCUT2D eigenvalue weighted by Crippen LogP contribution is -2.45. The van der Waals surface area contributed by atoms with E-state index in [-0.39, 0.29) is 17.9 Å². The molecule has 0 aliphatic carbocycles. The first-order valence-corrected chi connectivity index (χ1v) is 15.4. The molecule has 1 aliphatic rings. The molecule has 3 aromatic rings. The zero-order valence-corrected chi connectivity index (χ0v) is 25.9. The molecule has 2 heterocycles. The zero-order chi connectivity index (χ0) is 32.4. The molecule has 45 heavy (non-hydrogen) atoms. The number of hydrogen-bond donors (Lipinski definition) is 1. The molecule has 4 rings (SSSR count). The quantitative estimate of drug-likeness (QED) is 0.249. The van der Waals surface area contributed by atoms with Crippen LogP contribution in [0, 0.1) is 0 Å². The highest BCUT2D eigenvalue weighted by molar-refractivity contribution is 6.01. The van der Waals surface area contributed by atoms with Crippen LogP contribution in [0.4, 0.5) is 18.9 Å². The molecule has 12 heteroatoms. The molecule has 2 aromatic carbocycles. The van der Waals surface area contributed by atoms with Gasteiger partial charge in [0.1, 0.15) is 6.33 Å². The van der Waals surface area contributed by atoms with Gasteiger partial charge in [-0.15, -0.1) is 0 Å². The van der Waals surface area contributed by atoms with Gasteiger partial charge in [0.2, 0.25) is 17.7 Å². The van der Waals surface area contributed by atoms with E-state index in [9.17, 15) is 22.8 Å². The lowest BCUT2D eigenvalue weighted by Gasteiger charge is -2.32. The average Bonchev–Trinajstić information content (AvgIpc) is 3.03. The maximum absolute atomic E-state index is 13.3. The van der Waals surface area contributed by atoms with Gasteiger partial charge in [-0.3, -0.25) is 9.59 Å². The standard InChI is InChI=1S/C33H40F3N5O4/c1-4-41(29-31(44-5-2)37-22-38-32(29)45-6-3)28(42)12-9-19-40-20-17-25(18-21-40)39-30(43)27-11-8-7-10-26(27)23-13-15-24(16-14-23)33(34,35)36/h7-8,10-11,13-16,22,25H,4-6,9,12,17-21H2,1-3H3,(H,39,43). The SMILES string of the molecule is CCOc1ncnc(OCC)c1N(CC)C(=O)CCCN1CCC(NC(=O)c2ccccc2-c2ccc(C(F)(F)F)cc2)CC1. The van der Waals surface area contributed by atoms with Crippen LogP contribution in [0.1, 0.15) is 62.4 Å². The molecule has 0 radical (unpaired) electrons. The van der Waals surface area contributed by atoms with Gasteiger partial charge in [-0.25, -0.2) is 0 Å². The topological polar surface area (TPSA) is 96.9 Å². The third-order valence-electron chi connectivity index (χ3n) is 7.69. The third kappa shape index (κ3) is 8.72. The van der Waals surface area contributed by atoms with E-state index in [1.807, 2.05) is 20.8 Å². The molecule has 9 nitrogen and oxygen atoms in total. The van der Waals surface area contributed by atoms with E-state index in [0.717, 1.165) is 44.6 Å². The van der Waals surface area contributed by atoms with Crippen molar-refractivity contribution in [3.63, 3.8) is 0 Å². The number of nitrogens with zero attached hydrogens (tertiary/aromatic N) is 4. The van der Waals surface area contributed by atoms with E-state index in [1.54, 1.807) is 29.2 Å². The number of halogens is 3. The molecule has 1 saturated heterocycles. The van der Waals surface area contributed by atoms with Gasteiger partial charge in [0.15, 0.2) is 5.69 Å². The number of alkyl halides is 3. The second-order valence-corrected chi connectivity index (χ2v) is 10.7. The van der Waals surface area contributed by atoms with Gasteiger partial charge >= 0.3 is 6.18 Å². The molecule has 242 valence electrons. The Kier molecular flexibility index (Phi) is 11.8. The maximum Gasteiger partial charge on any atom is 0.416 e. The number of benzene rings is 2. The number of likely N-dealkylation sites (tertiary alicyclic amines) is 1. The van der Waals surface area contributed by atoms with E-state index >= 15 is 0 Å². The van der Waals surface area contributed by atoms with Crippen molar-refractivity contribution >= 4 is 17.5 Å². The summed E-state index contributed by atoms with van der Waals surface area (Å²) in [6.45, 7) is 9.06. The molecule has 0 unspecified atom stereocenters. The molecule has 1 N–H and O–H groups in total. The van der Waals surface area contributed by atoms with Gasteiger partial charge in [-0.1, -0.05) is 30.3 Å². The van der Waals surface area contributed by atoms with Crippen LogP contribution in [-0.4, -0.2) is 72.1 Å². The van der Waals surface area contributed by atoms with E-state index in [4.69, 9.17) is 9.47 Å². The van der Waals surface area contributed by atoms with Gasteiger partial charge in [-0.2, -0.15) is 23.1 Å². The fourth-order valence-corrected chi connectivity index (χ4v) is 5.45. The van der Waals surface area contributed by atoms with Gasteiger partial charge in [0.25, 0.3) is 5.91 Å². The highest BCUT2D eigenvalue weighted by Gasteiger charge is 2.30. The van der Waals surface area contributed by atoms with Crippen molar-refractivity contribution in [2.24, 2.45) is 0 Å². The van der Waals surface area contributed by atoms with Crippen LogP contribution in [0.3, 0.4) is 0 Å². The van der Waals surface area contributed by atoms with Crippen molar-refractivity contribution in [2.45, 2.75) is 58.7 Å². The number of nitrogens with one attached hydrogen (secondary N) is 1. The van der Waals surface area contributed by atoms with Crippen LogP contribution in [-0.2, 0) is 11.0 Å². The van der Waals surface area contributed by atoms with Gasteiger partial charge in [-0.05, 0) is 75.9 Å². The molecule has 0 atom stereocenters. The third-order valence-corrected chi connectivity index (χ3v) is 7.69. The number of aromatic nitrogens is 2. The van der Waals surface area contributed by atoms with E-state index in [2.05, 4.69) is 20.2 Å². The Balaban J connectivity index is 1.29. The Bertz CT molecular complexity index is 1400.